The van der Waals surface area contributed by atoms with Crippen LogP contribution in [0, 0.1) is 23.7 Å². The van der Waals surface area contributed by atoms with Crippen LogP contribution in [-0.2, 0) is 36.8 Å². The van der Waals surface area contributed by atoms with Crippen molar-refractivity contribution in [2.75, 3.05) is 20.3 Å². The number of ether oxygens (including phenoxy) is 1. The van der Waals surface area contributed by atoms with Crippen molar-refractivity contribution < 1.29 is 38.9 Å². The molecule has 0 saturated carbocycles. The minimum absolute atomic E-state index is 0.0508. The van der Waals surface area contributed by atoms with Gasteiger partial charge in [0.2, 0.25) is 11.8 Å². The van der Waals surface area contributed by atoms with Crippen molar-refractivity contribution >= 4 is 41.0 Å². The molecule has 0 spiro atoms. The lowest BCUT2D eigenvalue weighted by Gasteiger charge is -2.39. The van der Waals surface area contributed by atoms with Crippen LogP contribution >= 0.6 is 11.3 Å². The van der Waals surface area contributed by atoms with Crippen LogP contribution in [0.25, 0.3) is 0 Å². The maximum Gasteiger partial charge on any atom is 0.307 e. The standard InChI is InChI=1S/C41H63N5O8S/c1-9-27(6)37(44-39(50)34-12-10-11-19-45(34)8)40(51)46(24-54-36(48)20-25(2)3)33(26(4)5)17-18-35-43-32(23-55-35)38(49)42-30(21-28(7)41(52)53)22-29-13-15-31(47)16-14-29/h13-16,23,25-28,30,33-34,37,47H,9-12,17-22,24H2,1-8H3,(H,42,49)(H,44,50)(H,52,53)/t27-,28-,30+,33+,34+,37-/m0/s1. The second kappa shape index (κ2) is 21.9. The molecule has 55 heavy (non-hydrogen) atoms. The van der Waals surface area contributed by atoms with Gasteiger partial charge in [0, 0.05) is 30.3 Å². The molecule has 306 valence electrons. The van der Waals surface area contributed by atoms with E-state index in [9.17, 15) is 34.2 Å². The van der Waals surface area contributed by atoms with E-state index >= 15 is 0 Å². The summed E-state index contributed by atoms with van der Waals surface area (Å²) in [5, 5.41) is 27.6. The van der Waals surface area contributed by atoms with Crippen molar-refractivity contribution in [3.05, 3.63) is 45.9 Å². The van der Waals surface area contributed by atoms with Crippen molar-refractivity contribution in [1.29, 1.82) is 0 Å². The van der Waals surface area contributed by atoms with E-state index in [0.29, 0.717) is 30.7 Å². The van der Waals surface area contributed by atoms with E-state index in [-0.39, 0.29) is 72.7 Å². The largest absolute Gasteiger partial charge is 0.508 e. The van der Waals surface area contributed by atoms with Crippen molar-refractivity contribution in [2.45, 2.75) is 130 Å². The number of nitrogens with one attached hydrogen (secondary N) is 2. The Hall–Kier alpha value is -4.04. The van der Waals surface area contributed by atoms with Crippen molar-refractivity contribution in [3.63, 3.8) is 0 Å². The molecule has 3 amide bonds. The van der Waals surface area contributed by atoms with Gasteiger partial charge in [-0.3, -0.25) is 28.9 Å². The third kappa shape index (κ3) is 14.2. The van der Waals surface area contributed by atoms with E-state index < -0.39 is 35.8 Å². The van der Waals surface area contributed by atoms with E-state index in [2.05, 4.69) is 15.6 Å². The predicted octanol–water partition coefficient (Wildman–Crippen LogP) is 5.65. The Morgan fingerprint density at radius 2 is 1.73 bits per heavy atom. The first kappa shape index (κ1) is 45.4. The molecule has 1 aromatic heterocycles. The van der Waals surface area contributed by atoms with Crippen molar-refractivity contribution in [2.24, 2.45) is 23.7 Å². The highest BCUT2D eigenvalue weighted by molar-refractivity contribution is 7.09. The van der Waals surface area contributed by atoms with Crippen LogP contribution in [0.3, 0.4) is 0 Å². The highest BCUT2D eigenvalue weighted by Gasteiger charge is 2.37. The van der Waals surface area contributed by atoms with Gasteiger partial charge in [-0.25, -0.2) is 4.98 Å². The van der Waals surface area contributed by atoms with Gasteiger partial charge in [-0.2, -0.15) is 0 Å². The molecule has 1 saturated heterocycles. The van der Waals surface area contributed by atoms with Crippen LogP contribution in [0.15, 0.2) is 29.6 Å². The molecule has 0 bridgehead atoms. The normalized spacial score (nSPS) is 17.5. The number of likely N-dealkylation sites (tertiary alicyclic amines) is 1. The van der Waals surface area contributed by atoms with Gasteiger partial charge >= 0.3 is 11.9 Å². The van der Waals surface area contributed by atoms with Crippen LogP contribution in [0.4, 0.5) is 0 Å². The molecule has 1 aliphatic rings. The first-order valence-electron chi connectivity index (χ1n) is 19.7. The number of carboxylic acids is 1. The Morgan fingerprint density at radius 1 is 1.04 bits per heavy atom. The molecule has 4 N–H and O–H groups in total. The Labute approximate surface area is 330 Å². The third-order valence-corrected chi connectivity index (χ3v) is 11.4. The highest BCUT2D eigenvalue weighted by Crippen LogP contribution is 2.24. The Bertz CT molecular complexity index is 1560. The van der Waals surface area contributed by atoms with Gasteiger partial charge in [0.15, 0.2) is 6.73 Å². The zero-order chi connectivity index (χ0) is 40.8. The van der Waals surface area contributed by atoms with Crippen LogP contribution in [0.2, 0.25) is 0 Å². The molecule has 3 rings (SSSR count). The van der Waals surface area contributed by atoms with Crippen LogP contribution < -0.4 is 10.6 Å². The average molecular weight is 786 g/mol. The lowest BCUT2D eigenvalue weighted by atomic mass is 9.93. The molecular formula is C41H63N5O8S. The zero-order valence-electron chi connectivity index (χ0n) is 33.9. The number of benzene rings is 1. The van der Waals surface area contributed by atoms with Crippen LogP contribution in [0.5, 0.6) is 5.75 Å². The van der Waals surface area contributed by atoms with Crippen LogP contribution in [-0.4, -0.2) is 99.1 Å². The van der Waals surface area contributed by atoms with Gasteiger partial charge in [-0.15, -0.1) is 11.3 Å². The number of carboxylic acid groups (broad SMARTS) is 1. The van der Waals surface area contributed by atoms with Gasteiger partial charge in [0.25, 0.3) is 5.91 Å². The SMILES string of the molecule is CC[C@H](C)[C@H](NC(=O)[C@H]1CCCCN1C)C(=O)N(COC(=O)CC(C)C)[C@H](CCc1nc(C(=O)N[C@@H](Cc2ccc(O)cc2)C[C@H](C)C(=O)O)cs1)C(C)C. The van der Waals surface area contributed by atoms with E-state index in [0.717, 1.165) is 31.4 Å². The summed E-state index contributed by atoms with van der Waals surface area (Å²) in [6.07, 6.45) is 5.04. The predicted molar refractivity (Wildman–Crippen MR) is 212 cm³/mol. The summed E-state index contributed by atoms with van der Waals surface area (Å²) >= 11 is 1.32. The minimum atomic E-state index is -0.961. The van der Waals surface area contributed by atoms with Gasteiger partial charge in [0.1, 0.15) is 17.5 Å². The molecule has 14 heteroatoms. The molecule has 0 aliphatic carbocycles. The van der Waals surface area contributed by atoms with Gasteiger partial charge in [-0.1, -0.05) is 73.4 Å². The number of rotatable bonds is 21. The number of carbonyl (C=O) groups is 5. The number of piperidine rings is 1. The van der Waals surface area contributed by atoms with Gasteiger partial charge < -0.3 is 30.5 Å². The lowest BCUT2D eigenvalue weighted by Crippen LogP contribution is -2.59. The number of nitrogens with zero attached hydrogens (tertiary/aromatic N) is 3. The summed E-state index contributed by atoms with van der Waals surface area (Å²) in [5.74, 6) is -2.99. The number of aromatic hydroxyl groups is 1. The van der Waals surface area contributed by atoms with E-state index in [1.54, 1.807) is 41.5 Å². The Kier molecular flexibility index (Phi) is 18.1. The number of phenolic OH excluding ortho intramolecular Hbond substituents is 1. The maximum absolute atomic E-state index is 14.6. The van der Waals surface area contributed by atoms with Gasteiger partial charge in [-0.05, 0) is 81.1 Å². The number of hydrogen-bond acceptors (Lipinski definition) is 10. The first-order chi connectivity index (χ1) is 26.0. The summed E-state index contributed by atoms with van der Waals surface area (Å²) < 4.78 is 5.71. The number of aromatic nitrogens is 1. The molecular weight excluding hydrogens is 723 g/mol. The number of aliphatic carboxylic acids is 1. The number of aryl methyl sites for hydroxylation is 1. The number of thiazole rings is 1. The summed E-state index contributed by atoms with van der Waals surface area (Å²) in [6, 6.07) is 4.57. The zero-order valence-corrected chi connectivity index (χ0v) is 34.7. The molecule has 2 heterocycles. The summed E-state index contributed by atoms with van der Waals surface area (Å²) in [6.45, 7) is 13.9. The topological polar surface area (TPSA) is 178 Å². The fraction of sp³-hybridized carbons (Fsp3) is 0.659. The van der Waals surface area contributed by atoms with E-state index in [1.807, 2.05) is 53.5 Å². The first-order valence-corrected chi connectivity index (χ1v) is 20.6. The smallest absolute Gasteiger partial charge is 0.307 e. The second-order valence-corrected chi connectivity index (χ2v) is 16.9. The lowest BCUT2D eigenvalue weighted by molar-refractivity contribution is -0.159. The average Bonchev–Trinajstić information content (AvgIpc) is 3.61. The molecule has 1 aliphatic heterocycles. The number of carbonyl (C=O) groups excluding carboxylic acids is 4. The number of amides is 3. The molecule has 6 atom stereocenters. The number of likely N-dealkylation sites (N-methyl/N-ethyl adjacent to an activating group) is 1. The minimum Gasteiger partial charge on any atom is -0.508 e. The number of esters is 1. The maximum atomic E-state index is 14.6. The van der Waals surface area contributed by atoms with Crippen molar-refractivity contribution in [3.8, 4) is 5.75 Å². The molecule has 13 nitrogen and oxygen atoms in total. The van der Waals surface area contributed by atoms with Gasteiger partial charge in [0.05, 0.1) is 17.0 Å². The highest BCUT2D eigenvalue weighted by atomic mass is 32.1. The molecule has 0 unspecified atom stereocenters. The van der Waals surface area contributed by atoms with E-state index in [1.165, 1.54) is 11.3 Å². The third-order valence-electron chi connectivity index (χ3n) is 10.5. The Balaban J connectivity index is 1.81. The molecule has 0 radical (unpaired) electrons. The molecule has 1 aromatic carbocycles. The fourth-order valence-electron chi connectivity index (χ4n) is 6.92. The van der Waals surface area contributed by atoms with E-state index in [4.69, 9.17) is 4.74 Å². The Morgan fingerprint density at radius 3 is 2.33 bits per heavy atom. The second-order valence-electron chi connectivity index (χ2n) is 15.9. The monoisotopic (exact) mass is 785 g/mol. The fourth-order valence-corrected chi connectivity index (χ4v) is 7.72. The molecule has 1 fully saturated rings. The summed E-state index contributed by atoms with van der Waals surface area (Å²) in [7, 11) is 1.93. The summed E-state index contributed by atoms with van der Waals surface area (Å²) in [5.41, 5.74) is 1.05. The number of phenols is 1. The van der Waals surface area contributed by atoms with Crippen LogP contribution in [0.1, 0.15) is 114 Å². The quantitative estimate of drug-likeness (QED) is 0.0914. The summed E-state index contributed by atoms with van der Waals surface area (Å²) in [4.78, 5) is 74.3. The number of hydrogen-bond donors (Lipinski definition) is 4. The molecule has 2 aromatic rings. The van der Waals surface area contributed by atoms with Crippen molar-refractivity contribution in [1.82, 2.24) is 25.4 Å².